The summed E-state index contributed by atoms with van der Waals surface area (Å²) in [6.07, 6.45) is 1.40. The number of amides is 1. The lowest BCUT2D eigenvalue weighted by Gasteiger charge is -2.32. The number of fused-ring (bicyclic) bond motifs is 1. The average molecular weight is 412 g/mol. The number of nitrogens with one attached hydrogen (secondary N) is 1. The molecule has 30 heavy (non-hydrogen) atoms. The maximum Gasteiger partial charge on any atom is 0.268 e. The minimum atomic E-state index is -0.594. The smallest absolute Gasteiger partial charge is 0.268 e. The molecule has 1 aliphatic rings. The summed E-state index contributed by atoms with van der Waals surface area (Å²) in [5.74, 6) is -0.0462. The van der Waals surface area contributed by atoms with Crippen molar-refractivity contribution in [2.45, 2.75) is 46.1 Å². The highest BCUT2D eigenvalue weighted by molar-refractivity contribution is 6.02. The molecular weight excluding hydrogens is 384 g/mol. The number of pyridine rings is 1. The number of nitrogens with zero attached hydrogens (tertiary/aromatic N) is 1. The van der Waals surface area contributed by atoms with Crippen molar-refractivity contribution >= 4 is 11.7 Å². The molecule has 0 spiro atoms. The standard InChI is InChI=1S/C23H28N2O5/c1-5-14(13-26)24-21(28)18-10-17-19(11-23(2,3)12-20(17)27)25(22(18)29)15-6-8-16(30-4)9-7-15/h6-10,14,26H,5,11-13H2,1-4H3,(H,24,28)/t14-/m0/s1. The van der Waals surface area contributed by atoms with E-state index in [0.717, 1.165) is 0 Å². The maximum atomic E-state index is 13.4. The first-order chi connectivity index (χ1) is 14.2. The van der Waals surface area contributed by atoms with Gasteiger partial charge in [-0.25, -0.2) is 0 Å². The molecule has 1 aliphatic carbocycles. The van der Waals surface area contributed by atoms with Gasteiger partial charge in [0.25, 0.3) is 11.5 Å². The molecule has 0 unspecified atom stereocenters. The normalized spacial score (nSPS) is 16.0. The summed E-state index contributed by atoms with van der Waals surface area (Å²) in [6, 6.07) is 7.88. The van der Waals surface area contributed by atoms with Gasteiger partial charge >= 0.3 is 0 Å². The maximum absolute atomic E-state index is 13.4. The van der Waals surface area contributed by atoms with Gasteiger partial charge in [0.15, 0.2) is 5.78 Å². The van der Waals surface area contributed by atoms with Crippen molar-refractivity contribution in [3.63, 3.8) is 0 Å². The molecule has 7 nitrogen and oxygen atoms in total. The molecule has 1 aromatic carbocycles. The first kappa shape index (κ1) is 21.8. The van der Waals surface area contributed by atoms with Crippen molar-refractivity contribution in [2.24, 2.45) is 5.41 Å². The Kier molecular flexibility index (Phi) is 6.12. The molecule has 7 heteroatoms. The zero-order chi connectivity index (χ0) is 22.1. The van der Waals surface area contributed by atoms with Gasteiger partial charge in [0.2, 0.25) is 0 Å². The van der Waals surface area contributed by atoms with Crippen LogP contribution in [-0.2, 0) is 6.42 Å². The molecule has 1 aromatic heterocycles. The van der Waals surface area contributed by atoms with Crippen molar-refractivity contribution in [2.75, 3.05) is 13.7 Å². The molecule has 0 aliphatic heterocycles. The van der Waals surface area contributed by atoms with Gasteiger partial charge < -0.3 is 15.2 Å². The molecule has 1 atom stereocenters. The van der Waals surface area contributed by atoms with Gasteiger partial charge in [0.1, 0.15) is 11.3 Å². The number of carbonyl (C=O) groups is 2. The number of hydrogen-bond donors (Lipinski definition) is 2. The second-order valence-electron chi connectivity index (χ2n) is 8.46. The van der Waals surface area contributed by atoms with E-state index in [0.29, 0.717) is 42.0 Å². The fourth-order valence-corrected chi connectivity index (χ4v) is 3.82. The van der Waals surface area contributed by atoms with Crippen LogP contribution < -0.4 is 15.6 Å². The topological polar surface area (TPSA) is 97.6 Å². The molecule has 2 N–H and O–H groups in total. The van der Waals surface area contributed by atoms with Gasteiger partial charge in [0, 0.05) is 23.4 Å². The Balaban J connectivity index is 2.22. The van der Waals surface area contributed by atoms with Gasteiger partial charge in [-0.3, -0.25) is 19.0 Å². The molecule has 160 valence electrons. The highest BCUT2D eigenvalue weighted by Crippen LogP contribution is 2.35. The Morgan fingerprint density at radius 3 is 2.47 bits per heavy atom. The first-order valence-corrected chi connectivity index (χ1v) is 10.1. The Morgan fingerprint density at radius 2 is 1.90 bits per heavy atom. The van der Waals surface area contributed by atoms with Gasteiger partial charge in [-0.2, -0.15) is 0 Å². The van der Waals surface area contributed by atoms with Gasteiger partial charge in [-0.05, 0) is 48.6 Å². The van der Waals surface area contributed by atoms with E-state index >= 15 is 0 Å². The number of aliphatic hydroxyl groups is 1. The third-order valence-corrected chi connectivity index (χ3v) is 5.51. The van der Waals surface area contributed by atoms with Crippen LogP contribution in [-0.4, -0.2) is 41.1 Å². The number of benzene rings is 1. The minimum Gasteiger partial charge on any atom is -0.497 e. The van der Waals surface area contributed by atoms with E-state index in [1.165, 1.54) is 10.6 Å². The Hall–Kier alpha value is -2.93. The van der Waals surface area contributed by atoms with Crippen LogP contribution in [0, 0.1) is 5.41 Å². The van der Waals surface area contributed by atoms with Gasteiger partial charge in [-0.1, -0.05) is 20.8 Å². The predicted octanol–water partition coefficient (Wildman–Crippen LogP) is 2.50. The van der Waals surface area contributed by atoms with Crippen LogP contribution in [0.15, 0.2) is 35.1 Å². The molecule has 0 fully saturated rings. The number of hydrogen-bond acceptors (Lipinski definition) is 5. The molecule has 2 aromatic rings. The van der Waals surface area contributed by atoms with Crippen LogP contribution in [0.2, 0.25) is 0 Å². The summed E-state index contributed by atoms with van der Waals surface area (Å²) in [5.41, 5.74) is 0.674. The summed E-state index contributed by atoms with van der Waals surface area (Å²) in [6.45, 7) is 5.58. The highest BCUT2D eigenvalue weighted by Gasteiger charge is 2.35. The predicted molar refractivity (Wildman–Crippen MR) is 114 cm³/mol. The van der Waals surface area contributed by atoms with E-state index < -0.39 is 17.5 Å². The third kappa shape index (κ3) is 4.16. The second kappa shape index (κ2) is 8.44. The molecule has 0 radical (unpaired) electrons. The molecule has 0 saturated heterocycles. The van der Waals surface area contributed by atoms with Crippen molar-refractivity contribution in [1.82, 2.24) is 9.88 Å². The van der Waals surface area contributed by atoms with Gasteiger partial charge in [0.05, 0.1) is 19.8 Å². The molecule has 3 rings (SSSR count). The van der Waals surface area contributed by atoms with Crippen LogP contribution in [0.4, 0.5) is 0 Å². The van der Waals surface area contributed by atoms with E-state index in [9.17, 15) is 19.5 Å². The van der Waals surface area contributed by atoms with Crippen LogP contribution >= 0.6 is 0 Å². The average Bonchev–Trinajstić information content (AvgIpc) is 2.71. The lowest BCUT2D eigenvalue weighted by atomic mass is 9.75. The monoisotopic (exact) mass is 412 g/mol. The number of aromatic nitrogens is 1. The van der Waals surface area contributed by atoms with Crippen LogP contribution in [0.1, 0.15) is 60.0 Å². The molecular formula is C23H28N2O5. The quantitative estimate of drug-likeness (QED) is 0.760. The summed E-state index contributed by atoms with van der Waals surface area (Å²) in [5, 5.41) is 12.1. The molecule has 0 bridgehead atoms. The third-order valence-electron chi connectivity index (χ3n) is 5.51. The Bertz CT molecular complexity index is 1020. The zero-order valence-electron chi connectivity index (χ0n) is 17.8. The number of carbonyl (C=O) groups excluding carboxylic acids is 2. The van der Waals surface area contributed by atoms with Crippen LogP contribution in [0.25, 0.3) is 5.69 Å². The van der Waals surface area contributed by atoms with Crippen molar-refractivity contribution in [1.29, 1.82) is 0 Å². The van der Waals surface area contributed by atoms with E-state index in [2.05, 4.69) is 5.32 Å². The number of methoxy groups -OCH3 is 1. The largest absolute Gasteiger partial charge is 0.497 e. The second-order valence-corrected chi connectivity index (χ2v) is 8.46. The first-order valence-electron chi connectivity index (χ1n) is 10.1. The van der Waals surface area contributed by atoms with Crippen molar-refractivity contribution < 1.29 is 19.4 Å². The SMILES string of the molecule is CC[C@@H](CO)NC(=O)c1cc2c(n(-c3ccc(OC)cc3)c1=O)CC(C)(C)CC2=O. The molecule has 1 amide bonds. The summed E-state index contributed by atoms with van der Waals surface area (Å²) in [7, 11) is 1.56. The summed E-state index contributed by atoms with van der Waals surface area (Å²) in [4.78, 5) is 39.1. The molecule has 1 heterocycles. The summed E-state index contributed by atoms with van der Waals surface area (Å²) < 4.78 is 6.66. The number of aliphatic hydroxyl groups excluding tert-OH is 1. The fourth-order valence-electron chi connectivity index (χ4n) is 3.82. The molecule has 0 saturated carbocycles. The zero-order valence-corrected chi connectivity index (χ0v) is 17.8. The number of Topliss-reactive ketones (excluding diaryl/α,β-unsaturated/α-hetero) is 1. The lowest BCUT2D eigenvalue weighted by Crippen LogP contribution is -2.42. The Labute approximate surface area is 175 Å². The highest BCUT2D eigenvalue weighted by atomic mass is 16.5. The van der Waals surface area contributed by atoms with E-state index in [1.54, 1.807) is 31.4 Å². The van der Waals surface area contributed by atoms with E-state index in [-0.39, 0.29) is 23.4 Å². The van der Waals surface area contributed by atoms with Crippen LogP contribution in [0.5, 0.6) is 5.75 Å². The minimum absolute atomic E-state index is 0.0910. The van der Waals surface area contributed by atoms with Gasteiger partial charge in [-0.15, -0.1) is 0 Å². The Morgan fingerprint density at radius 1 is 1.23 bits per heavy atom. The van der Waals surface area contributed by atoms with Crippen molar-refractivity contribution in [3.05, 3.63) is 57.5 Å². The number of rotatable bonds is 6. The van der Waals surface area contributed by atoms with Crippen LogP contribution in [0.3, 0.4) is 0 Å². The fraction of sp³-hybridized carbons (Fsp3) is 0.435. The lowest BCUT2D eigenvalue weighted by molar-refractivity contribution is 0.0907. The summed E-state index contributed by atoms with van der Waals surface area (Å²) >= 11 is 0. The van der Waals surface area contributed by atoms with Crippen molar-refractivity contribution in [3.8, 4) is 11.4 Å². The number of ether oxygens (including phenoxy) is 1. The number of ketones is 1. The van der Waals surface area contributed by atoms with E-state index in [4.69, 9.17) is 4.74 Å². The van der Waals surface area contributed by atoms with E-state index in [1.807, 2.05) is 20.8 Å².